The Bertz CT molecular complexity index is 392. The van der Waals surface area contributed by atoms with Crippen LogP contribution in [-0.4, -0.2) is 55.6 Å². The Morgan fingerprint density at radius 1 is 1.35 bits per heavy atom. The van der Waals surface area contributed by atoms with Crippen LogP contribution >= 0.6 is 0 Å². The van der Waals surface area contributed by atoms with Crippen molar-refractivity contribution in [2.24, 2.45) is 0 Å². The van der Waals surface area contributed by atoms with Crippen molar-refractivity contribution in [3.05, 3.63) is 0 Å². The lowest BCUT2D eigenvalue weighted by Crippen LogP contribution is -2.57. The Kier molecular flexibility index (Phi) is 3.67. The van der Waals surface area contributed by atoms with E-state index in [-0.39, 0.29) is 12.6 Å². The Morgan fingerprint density at radius 2 is 2.06 bits per heavy atom. The molecule has 0 spiro atoms. The highest BCUT2D eigenvalue weighted by atomic mass is 32.2. The van der Waals surface area contributed by atoms with Crippen molar-refractivity contribution in [1.29, 1.82) is 0 Å². The van der Waals surface area contributed by atoms with Gasteiger partial charge in [0, 0.05) is 6.54 Å². The average Bonchev–Trinajstić information content (AvgIpc) is 2.24. The summed E-state index contributed by atoms with van der Waals surface area (Å²) in [5.41, 5.74) is 0. The van der Waals surface area contributed by atoms with Crippen molar-refractivity contribution >= 4 is 16.2 Å². The molecule has 0 bridgehead atoms. The first kappa shape index (κ1) is 12.7. The molecule has 2 aliphatic rings. The third-order valence-electron chi connectivity index (χ3n) is 3.00. The van der Waals surface area contributed by atoms with E-state index < -0.39 is 22.2 Å². The number of carbonyl (C=O) groups is 1. The number of carboxylic acids is 1. The summed E-state index contributed by atoms with van der Waals surface area (Å²) in [7, 11) is -3.72. The molecule has 2 heterocycles. The normalized spacial score (nSPS) is 27.6. The maximum Gasteiger partial charge on any atom is 0.322 e. The van der Waals surface area contributed by atoms with Gasteiger partial charge in [-0.1, -0.05) is 0 Å². The third kappa shape index (κ3) is 2.76. The third-order valence-corrected chi connectivity index (χ3v) is 4.69. The predicted octanol–water partition coefficient (Wildman–Crippen LogP) is -0.841. The van der Waals surface area contributed by atoms with Crippen molar-refractivity contribution in [2.45, 2.75) is 31.3 Å². The zero-order chi connectivity index (χ0) is 12.5. The van der Waals surface area contributed by atoms with E-state index in [2.05, 4.69) is 4.72 Å². The molecule has 0 radical (unpaired) electrons. The van der Waals surface area contributed by atoms with Gasteiger partial charge >= 0.3 is 5.97 Å². The number of hydrogen-bond acceptors (Lipinski definition) is 4. The number of ether oxygens (including phenoxy) is 1. The van der Waals surface area contributed by atoms with E-state index >= 15 is 0 Å². The van der Waals surface area contributed by atoms with Gasteiger partial charge in [0.05, 0.1) is 19.3 Å². The Hall–Kier alpha value is -0.700. The van der Waals surface area contributed by atoms with E-state index in [1.165, 1.54) is 0 Å². The van der Waals surface area contributed by atoms with Gasteiger partial charge in [-0.05, 0) is 19.3 Å². The summed E-state index contributed by atoms with van der Waals surface area (Å²) in [4.78, 5) is 11.0. The van der Waals surface area contributed by atoms with Crippen LogP contribution in [0.25, 0.3) is 0 Å². The predicted molar refractivity (Wildman–Crippen MR) is 58.6 cm³/mol. The second kappa shape index (κ2) is 4.89. The largest absolute Gasteiger partial charge is 0.480 e. The molecule has 2 saturated heterocycles. The Balaban J connectivity index is 2.08. The van der Waals surface area contributed by atoms with Gasteiger partial charge in [-0.3, -0.25) is 4.79 Å². The molecule has 0 amide bonds. The number of aliphatic carboxylic acids is 1. The van der Waals surface area contributed by atoms with Gasteiger partial charge in [-0.15, -0.1) is 0 Å². The molecule has 2 N–H and O–H groups in total. The van der Waals surface area contributed by atoms with E-state index in [4.69, 9.17) is 9.84 Å². The summed E-state index contributed by atoms with van der Waals surface area (Å²) < 4.78 is 32.4. The van der Waals surface area contributed by atoms with Crippen molar-refractivity contribution < 1.29 is 23.1 Å². The zero-order valence-corrected chi connectivity index (χ0v) is 10.1. The van der Waals surface area contributed by atoms with Crippen LogP contribution in [0.5, 0.6) is 0 Å². The molecular weight excluding hydrogens is 248 g/mol. The zero-order valence-electron chi connectivity index (χ0n) is 9.33. The molecule has 0 aromatic heterocycles. The second-order valence-electron chi connectivity index (χ2n) is 4.32. The summed E-state index contributed by atoms with van der Waals surface area (Å²) in [6, 6.07) is -1.17. The molecule has 2 fully saturated rings. The lowest BCUT2D eigenvalue weighted by Gasteiger charge is -2.35. The van der Waals surface area contributed by atoms with E-state index in [9.17, 15) is 13.2 Å². The van der Waals surface area contributed by atoms with E-state index in [0.29, 0.717) is 26.1 Å². The van der Waals surface area contributed by atoms with Crippen LogP contribution in [-0.2, 0) is 19.7 Å². The van der Waals surface area contributed by atoms with E-state index in [0.717, 1.165) is 10.7 Å². The first-order chi connectivity index (χ1) is 8.00. The minimum Gasteiger partial charge on any atom is -0.480 e. The molecule has 8 heteroatoms. The highest BCUT2D eigenvalue weighted by molar-refractivity contribution is 7.87. The van der Waals surface area contributed by atoms with Crippen LogP contribution < -0.4 is 4.72 Å². The monoisotopic (exact) mass is 264 g/mol. The molecule has 98 valence electrons. The summed E-state index contributed by atoms with van der Waals surface area (Å²) in [5.74, 6) is -1.08. The van der Waals surface area contributed by atoms with Crippen LogP contribution in [0, 0.1) is 0 Å². The fraction of sp³-hybridized carbons (Fsp3) is 0.889. The van der Waals surface area contributed by atoms with Crippen LogP contribution in [0.2, 0.25) is 0 Å². The van der Waals surface area contributed by atoms with Gasteiger partial charge in [-0.2, -0.15) is 17.4 Å². The van der Waals surface area contributed by atoms with Gasteiger partial charge in [0.1, 0.15) is 6.04 Å². The number of carboxylic acid groups (broad SMARTS) is 1. The van der Waals surface area contributed by atoms with Crippen molar-refractivity contribution in [2.75, 3.05) is 19.8 Å². The van der Waals surface area contributed by atoms with E-state index in [1.807, 2.05) is 0 Å². The molecule has 0 saturated carbocycles. The van der Waals surface area contributed by atoms with Crippen molar-refractivity contribution in [1.82, 2.24) is 9.03 Å². The molecular formula is C9H16N2O5S. The highest BCUT2D eigenvalue weighted by Gasteiger charge is 2.38. The quantitative estimate of drug-likeness (QED) is 0.690. The molecule has 2 rings (SSSR count). The standard InChI is InChI=1S/C9H16N2O5S/c12-9(13)8-3-1-2-4-11(8)17(14,15)10-7-5-16-6-7/h7-8,10H,1-6H2,(H,12,13). The lowest BCUT2D eigenvalue weighted by atomic mass is 10.1. The van der Waals surface area contributed by atoms with Gasteiger partial charge < -0.3 is 9.84 Å². The maximum atomic E-state index is 12.0. The number of hydrogen-bond donors (Lipinski definition) is 2. The van der Waals surface area contributed by atoms with Crippen LogP contribution in [0.15, 0.2) is 0 Å². The Labute approximate surface area is 99.9 Å². The molecule has 17 heavy (non-hydrogen) atoms. The average molecular weight is 264 g/mol. The minimum atomic E-state index is -3.72. The molecule has 0 aromatic rings. The van der Waals surface area contributed by atoms with Crippen molar-refractivity contribution in [3.63, 3.8) is 0 Å². The summed E-state index contributed by atoms with van der Waals surface area (Å²) in [6.07, 6.45) is 1.82. The van der Waals surface area contributed by atoms with Crippen molar-refractivity contribution in [3.8, 4) is 0 Å². The van der Waals surface area contributed by atoms with E-state index in [1.54, 1.807) is 0 Å². The van der Waals surface area contributed by atoms with Gasteiger partial charge in [0.15, 0.2) is 0 Å². The van der Waals surface area contributed by atoms with Crippen LogP contribution in [0.4, 0.5) is 0 Å². The smallest absolute Gasteiger partial charge is 0.322 e. The summed E-state index contributed by atoms with van der Waals surface area (Å²) in [6.45, 7) is 0.968. The first-order valence-corrected chi connectivity index (χ1v) is 7.04. The molecule has 0 aromatic carbocycles. The van der Waals surface area contributed by atoms with Gasteiger partial charge in [0.2, 0.25) is 0 Å². The number of piperidine rings is 1. The minimum absolute atomic E-state index is 0.226. The fourth-order valence-corrected chi connectivity index (χ4v) is 3.61. The molecule has 0 aliphatic carbocycles. The topological polar surface area (TPSA) is 95.9 Å². The highest BCUT2D eigenvalue weighted by Crippen LogP contribution is 2.20. The maximum absolute atomic E-state index is 12.0. The summed E-state index contributed by atoms with van der Waals surface area (Å²) in [5, 5.41) is 9.02. The number of nitrogens with zero attached hydrogens (tertiary/aromatic N) is 1. The first-order valence-electron chi connectivity index (χ1n) is 5.60. The van der Waals surface area contributed by atoms with Gasteiger partial charge in [0.25, 0.3) is 10.2 Å². The SMILES string of the molecule is O=C(O)C1CCCCN1S(=O)(=O)NC1COC1. The molecule has 2 aliphatic heterocycles. The fourth-order valence-electron chi connectivity index (χ4n) is 2.02. The van der Waals surface area contributed by atoms with Gasteiger partial charge in [-0.25, -0.2) is 0 Å². The second-order valence-corrected chi connectivity index (χ2v) is 5.97. The number of rotatable bonds is 4. The molecule has 7 nitrogen and oxygen atoms in total. The molecule has 1 unspecified atom stereocenters. The lowest BCUT2D eigenvalue weighted by molar-refractivity contribution is -0.142. The summed E-state index contributed by atoms with van der Waals surface area (Å²) >= 11 is 0. The number of nitrogens with one attached hydrogen (secondary N) is 1. The molecule has 1 atom stereocenters. The Morgan fingerprint density at radius 3 is 2.59 bits per heavy atom. The van der Waals surface area contributed by atoms with Crippen LogP contribution in [0.1, 0.15) is 19.3 Å². The van der Waals surface area contributed by atoms with Crippen LogP contribution in [0.3, 0.4) is 0 Å².